The molecular weight excluding hydrogens is 224 g/mol. The van der Waals surface area contributed by atoms with Crippen LogP contribution >= 0.6 is 0 Å². The first-order valence-electron chi connectivity index (χ1n) is 6.38. The monoisotopic (exact) mass is 238 g/mol. The van der Waals surface area contributed by atoms with Crippen molar-refractivity contribution in [2.75, 3.05) is 0 Å². The molecule has 0 aliphatic heterocycles. The van der Waals surface area contributed by atoms with Gasteiger partial charge in [0.25, 0.3) is 0 Å². The molecule has 0 radical (unpaired) electrons. The highest BCUT2D eigenvalue weighted by molar-refractivity contribution is 5.94. The van der Waals surface area contributed by atoms with E-state index in [1.165, 1.54) is 21.9 Å². The van der Waals surface area contributed by atoms with Crippen LogP contribution in [0.25, 0.3) is 10.8 Å². The lowest BCUT2D eigenvalue weighted by Gasteiger charge is -2.15. The molecule has 0 spiro atoms. The third-order valence-electron chi connectivity index (χ3n) is 4.97. The van der Waals surface area contributed by atoms with Gasteiger partial charge in [0, 0.05) is 5.92 Å². The van der Waals surface area contributed by atoms with Crippen LogP contribution in [-0.4, -0.2) is 11.1 Å². The maximum absolute atomic E-state index is 11.5. The Morgan fingerprint density at radius 3 is 2.72 bits per heavy atom. The molecule has 2 aromatic carbocycles. The van der Waals surface area contributed by atoms with Crippen LogP contribution in [-0.2, 0) is 11.2 Å². The van der Waals surface area contributed by atoms with E-state index in [1.54, 1.807) is 0 Å². The van der Waals surface area contributed by atoms with E-state index in [0.29, 0.717) is 0 Å². The standard InChI is InChI=1S/C16H14O2/c1-16(15(17)18)12-8-10-6-2-4-9-5-3-7-11(13(9)10)14(12)16/h2-7,12,14H,8H2,1H3,(H,17,18)/t12-,14-,16+/m0/s1. The molecule has 2 nitrogen and oxygen atoms in total. The van der Waals surface area contributed by atoms with Gasteiger partial charge in [0.05, 0.1) is 5.41 Å². The molecule has 0 saturated heterocycles. The average Bonchev–Trinajstić information content (AvgIpc) is 2.98. The summed E-state index contributed by atoms with van der Waals surface area (Å²) in [5.41, 5.74) is 1.99. The van der Waals surface area contributed by atoms with Gasteiger partial charge in [-0.1, -0.05) is 36.4 Å². The number of carboxylic acid groups (broad SMARTS) is 1. The molecule has 2 heteroatoms. The molecule has 0 bridgehead atoms. The Balaban J connectivity index is 2.01. The van der Waals surface area contributed by atoms with Crippen molar-refractivity contribution in [2.24, 2.45) is 11.3 Å². The molecule has 2 aromatic rings. The van der Waals surface area contributed by atoms with Gasteiger partial charge in [-0.2, -0.15) is 0 Å². The Kier molecular flexibility index (Phi) is 1.66. The van der Waals surface area contributed by atoms with E-state index < -0.39 is 11.4 Å². The van der Waals surface area contributed by atoms with Crippen molar-refractivity contribution >= 4 is 16.7 Å². The van der Waals surface area contributed by atoms with Crippen molar-refractivity contribution in [3.63, 3.8) is 0 Å². The van der Waals surface area contributed by atoms with Gasteiger partial charge in [0.15, 0.2) is 0 Å². The zero-order chi connectivity index (χ0) is 12.5. The normalized spacial score (nSPS) is 32.1. The molecule has 0 amide bonds. The molecule has 1 fully saturated rings. The Bertz CT molecular complexity index is 683. The van der Waals surface area contributed by atoms with Crippen LogP contribution in [0.1, 0.15) is 24.0 Å². The molecule has 18 heavy (non-hydrogen) atoms. The van der Waals surface area contributed by atoms with Crippen LogP contribution in [0.3, 0.4) is 0 Å². The van der Waals surface area contributed by atoms with Crippen LogP contribution < -0.4 is 0 Å². The zero-order valence-electron chi connectivity index (χ0n) is 10.2. The van der Waals surface area contributed by atoms with E-state index in [2.05, 4.69) is 30.3 Å². The maximum Gasteiger partial charge on any atom is 0.310 e. The third-order valence-corrected chi connectivity index (χ3v) is 4.97. The highest BCUT2D eigenvalue weighted by Gasteiger charge is 2.68. The van der Waals surface area contributed by atoms with E-state index in [1.807, 2.05) is 13.0 Å². The first-order valence-corrected chi connectivity index (χ1v) is 6.38. The number of rotatable bonds is 1. The second kappa shape index (κ2) is 2.94. The van der Waals surface area contributed by atoms with Gasteiger partial charge >= 0.3 is 5.97 Å². The van der Waals surface area contributed by atoms with Crippen LogP contribution in [0, 0.1) is 11.3 Å². The summed E-state index contributed by atoms with van der Waals surface area (Å²) < 4.78 is 0. The largest absolute Gasteiger partial charge is 0.481 e. The van der Waals surface area contributed by atoms with E-state index >= 15 is 0 Å². The summed E-state index contributed by atoms with van der Waals surface area (Å²) in [5.74, 6) is -0.175. The Morgan fingerprint density at radius 1 is 1.28 bits per heavy atom. The summed E-state index contributed by atoms with van der Waals surface area (Å²) in [4.78, 5) is 11.5. The molecule has 4 rings (SSSR count). The molecule has 90 valence electrons. The number of carbonyl (C=O) groups is 1. The van der Waals surface area contributed by atoms with Crippen molar-refractivity contribution in [2.45, 2.75) is 19.3 Å². The van der Waals surface area contributed by atoms with Crippen molar-refractivity contribution in [3.8, 4) is 0 Å². The predicted octanol–water partition coefficient (Wildman–Crippen LogP) is 3.20. The number of fused-ring (bicyclic) bond motifs is 2. The summed E-state index contributed by atoms with van der Waals surface area (Å²) in [6, 6.07) is 12.6. The first kappa shape index (κ1) is 10.1. The molecule has 0 unspecified atom stereocenters. The van der Waals surface area contributed by atoms with Crippen molar-refractivity contribution in [3.05, 3.63) is 47.5 Å². The summed E-state index contributed by atoms with van der Waals surface area (Å²) >= 11 is 0. The number of benzene rings is 2. The van der Waals surface area contributed by atoms with Crippen molar-refractivity contribution in [1.29, 1.82) is 0 Å². The van der Waals surface area contributed by atoms with Crippen LogP contribution in [0.15, 0.2) is 36.4 Å². The Hall–Kier alpha value is -1.83. The van der Waals surface area contributed by atoms with Gasteiger partial charge in [-0.25, -0.2) is 0 Å². The van der Waals surface area contributed by atoms with Crippen LogP contribution in [0.5, 0.6) is 0 Å². The predicted molar refractivity (Wildman–Crippen MR) is 69.6 cm³/mol. The van der Waals surface area contributed by atoms with E-state index in [0.717, 1.165) is 6.42 Å². The molecular formula is C16H14O2. The minimum absolute atomic E-state index is 0.202. The van der Waals surface area contributed by atoms with Gasteiger partial charge in [-0.15, -0.1) is 0 Å². The lowest BCUT2D eigenvalue weighted by Crippen LogP contribution is -2.14. The molecule has 0 heterocycles. The van der Waals surface area contributed by atoms with Gasteiger partial charge < -0.3 is 5.11 Å². The summed E-state index contributed by atoms with van der Waals surface area (Å²) in [6.07, 6.45) is 0.905. The molecule has 0 aromatic heterocycles. The molecule has 1 saturated carbocycles. The highest BCUT2D eigenvalue weighted by atomic mass is 16.4. The van der Waals surface area contributed by atoms with E-state index in [9.17, 15) is 9.90 Å². The second-order valence-corrected chi connectivity index (χ2v) is 5.74. The Labute approximate surface area is 105 Å². The van der Waals surface area contributed by atoms with Gasteiger partial charge in [-0.05, 0) is 41.2 Å². The number of aliphatic carboxylic acids is 1. The summed E-state index contributed by atoms with van der Waals surface area (Å²) in [7, 11) is 0. The SMILES string of the molecule is C[C@@]1(C(=O)O)[C@H]2Cc3cccc4cccc(c34)[C@@H]21. The van der Waals surface area contributed by atoms with E-state index in [4.69, 9.17) is 0 Å². The highest BCUT2D eigenvalue weighted by Crippen LogP contribution is 2.69. The zero-order valence-corrected chi connectivity index (χ0v) is 10.2. The van der Waals surface area contributed by atoms with Crippen LogP contribution in [0.2, 0.25) is 0 Å². The lowest BCUT2D eigenvalue weighted by molar-refractivity contribution is -0.143. The summed E-state index contributed by atoms with van der Waals surface area (Å²) in [6.45, 7) is 1.90. The lowest BCUT2D eigenvalue weighted by atomic mass is 9.89. The number of hydrogen-bond donors (Lipinski definition) is 1. The fraction of sp³-hybridized carbons (Fsp3) is 0.312. The molecule has 2 aliphatic rings. The Morgan fingerprint density at radius 2 is 2.00 bits per heavy atom. The smallest absolute Gasteiger partial charge is 0.310 e. The summed E-state index contributed by atoms with van der Waals surface area (Å²) in [5, 5.41) is 12.0. The number of hydrogen-bond acceptors (Lipinski definition) is 1. The topological polar surface area (TPSA) is 37.3 Å². The third kappa shape index (κ3) is 0.976. The number of carboxylic acids is 1. The quantitative estimate of drug-likeness (QED) is 0.828. The van der Waals surface area contributed by atoms with Gasteiger partial charge in [0.2, 0.25) is 0 Å². The van der Waals surface area contributed by atoms with Crippen LogP contribution in [0.4, 0.5) is 0 Å². The fourth-order valence-electron chi connectivity index (χ4n) is 3.88. The fourth-order valence-corrected chi connectivity index (χ4v) is 3.88. The van der Waals surface area contributed by atoms with Crippen molar-refractivity contribution in [1.82, 2.24) is 0 Å². The second-order valence-electron chi connectivity index (χ2n) is 5.74. The molecule has 3 atom stereocenters. The first-order chi connectivity index (χ1) is 8.64. The maximum atomic E-state index is 11.5. The van der Waals surface area contributed by atoms with Gasteiger partial charge in [-0.3, -0.25) is 4.79 Å². The minimum Gasteiger partial charge on any atom is -0.481 e. The van der Waals surface area contributed by atoms with Crippen molar-refractivity contribution < 1.29 is 9.90 Å². The minimum atomic E-state index is -0.651. The molecule has 2 aliphatic carbocycles. The average molecular weight is 238 g/mol. The van der Waals surface area contributed by atoms with E-state index in [-0.39, 0.29) is 11.8 Å². The van der Waals surface area contributed by atoms with Gasteiger partial charge in [0.1, 0.15) is 0 Å². The molecule has 1 N–H and O–H groups in total.